The van der Waals surface area contributed by atoms with Gasteiger partial charge in [0, 0.05) is 31.3 Å². The van der Waals surface area contributed by atoms with E-state index in [0.717, 1.165) is 23.8 Å². The summed E-state index contributed by atoms with van der Waals surface area (Å²) in [7, 11) is 0. The van der Waals surface area contributed by atoms with Crippen LogP contribution in [-0.4, -0.2) is 35.1 Å². The standard InChI is InChI=1S/C24H28N6O3/c31-20(13-8-14-21-27-22(30-33-21)17-9-2-1-3-10-17)25-15-6-7-16-26-23-18-11-4-5-12-19(18)24(32)29-28-23/h1-5,9-12,22,30H,6-8,13-16H2,(H,25,31)(H,26,28)(H,29,32). The van der Waals surface area contributed by atoms with Crippen LogP contribution < -0.4 is 21.7 Å². The molecule has 0 aliphatic carbocycles. The minimum atomic E-state index is -0.197. The molecule has 9 heteroatoms. The Balaban J connectivity index is 1.09. The second-order valence-corrected chi connectivity index (χ2v) is 7.84. The molecule has 0 saturated heterocycles. The Hall–Kier alpha value is -3.72. The Morgan fingerprint density at radius 1 is 0.970 bits per heavy atom. The Kier molecular flexibility index (Phi) is 7.65. The minimum Gasteiger partial charge on any atom is -0.391 e. The summed E-state index contributed by atoms with van der Waals surface area (Å²) in [6.45, 7) is 1.32. The topological polar surface area (TPSA) is 120 Å². The van der Waals surface area contributed by atoms with Crippen LogP contribution in [0.15, 0.2) is 64.4 Å². The first-order valence-electron chi connectivity index (χ1n) is 11.2. The number of anilines is 1. The fourth-order valence-electron chi connectivity index (χ4n) is 3.64. The van der Waals surface area contributed by atoms with Crippen LogP contribution in [0, 0.1) is 0 Å². The van der Waals surface area contributed by atoms with Crippen LogP contribution in [-0.2, 0) is 9.63 Å². The Morgan fingerprint density at radius 3 is 2.58 bits per heavy atom. The first-order chi connectivity index (χ1) is 16.2. The van der Waals surface area contributed by atoms with Gasteiger partial charge in [0.15, 0.2) is 12.0 Å². The second-order valence-electron chi connectivity index (χ2n) is 7.84. The number of hydrogen-bond donors (Lipinski definition) is 4. The summed E-state index contributed by atoms with van der Waals surface area (Å²) >= 11 is 0. The molecule has 1 amide bonds. The van der Waals surface area contributed by atoms with Crippen LogP contribution in [0.25, 0.3) is 10.8 Å². The van der Waals surface area contributed by atoms with E-state index in [2.05, 4.69) is 31.3 Å². The van der Waals surface area contributed by atoms with Crippen molar-refractivity contribution in [1.82, 2.24) is 21.0 Å². The monoisotopic (exact) mass is 448 g/mol. The van der Waals surface area contributed by atoms with E-state index in [9.17, 15) is 9.59 Å². The van der Waals surface area contributed by atoms with Crippen molar-refractivity contribution >= 4 is 28.4 Å². The van der Waals surface area contributed by atoms with E-state index in [1.54, 1.807) is 6.07 Å². The predicted octanol–water partition coefficient (Wildman–Crippen LogP) is 3.03. The van der Waals surface area contributed by atoms with Gasteiger partial charge in [0.05, 0.1) is 5.39 Å². The molecule has 1 aliphatic heterocycles. The van der Waals surface area contributed by atoms with Crippen molar-refractivity contribution in [3.05, 3.63) is 70.5 Å². The van der Waals surface area contributed by atoms with E-state index in [0.29, 0.717) is 49.5 Å². The lowest BCUT2D eigenvalue weighted by molar-refractivity contribution is -0.121. The first kappa shape index (κ1) is 22.5. The van der Waals surface area contributed by atoms with Crippen LogP contribution in [0.2, 0.25) is 0 Å². The highest BCUT2D eigenvalue weighted by molar-refractivity contribution is 5.90. The molecule has 4 N–H and O–H groups in total. The van der Waals surface area contributed by atoms with Crippen molar-refractivity contribution in [2.75, 3.05) is 18.4 Å². The highest BCUT2D eigenvalue weighted by Gasteiger charge is 2.19. The zero-order valence-corrected chi connectivity index (χ0v) is 18.3. The highest BCUT2D eigenvalue weighted by atomic mass is 16.7. The number of carbonyl (C=O) groups is 1. The van der Waals surface area contributed by atoms with Crippen LogP contribution >= 0.6 is 0 Å². The molecule has 1 atom stereocenters. The normalized spacial score (nSPS) is 15.2. The van der Waals surface area contributed by atoms with Gasteiger partial charge in [0.1, 0.15) is 0 Å². The van der Waals surface area contributed by atoms with Crippen LogP contribution in [0.5, 0.6) is 0 Å². The molecule has 33 heavy (non-hydrogen) atoms. The third-order valence-corrected chi connectivity index (χ3v) is 5.39. The van der Waals surface area contributed by atoms with E-state index in [1.807, 2.05) is 48.5 Å². The number of fused-ring (bicyclic) bond motifs is 1. The number of rotatable bonds is 11. The molecule has 3 aromatic rings. The van der Waals surface area contributed by atoms with E-state index in [-0.39, 0.29) is 17.6 Å². The summed E-state index contributed by atoms with van der Waals surface area (Å²) in [5, 5.41) is 14.2. The number of hydroxylamine groups is 1. The molecule has 1 unspecified atom stereocenters. The summed E-state index contributed by atoms with van der Waals surface area (Å²) in [5.41, 5.74) is 3.76. The van der Waals surface area contributed by atoms with Gasteiger partial charge in [-0.1, -0.05) is 48.5 Å². The average molecular weight is 449 g/mol. The molecule has 1 aromatic heterocycles. The number of carbonyl (C=O) groups excluding carboxylic acids is 1. The largest absolute Gasteiger partial charge is 0.391 e. The number of nitrogens with one attached hydrogen (secondary N) is 4. The number of hydrogen-bond acceptors (Lipinski definition) is 7. The number of amides is 1. The molecule has 2 heterocycles. The van der Waals surface area contributed by atoms with E-state index < -0.39 is 0 Å². The van der Waals surface area contributed by atoms with Gasteiger partial charge in [0.2, 0.25) is 11.8 Å². The molecule has 0 spiro atoms. The number of benzene rings is 2. The molecule has 2 aromatic carbocycles. The lowest BCUT2D eigenvalue weighted by Crippen LogP contribution is -2.24. The highest BCUT2D eigenvalue weighted by Crippen LogP contribution is 2.20. The fraction of sp³-hybridized carbons (Fsp3) is 0.333. The number of aromatic amines is 1. The van der Waals surface area contributed by atoms with Gasteiger partial charge in [-0.2, -0.15) is 5.10 Å². The van der Waals surface area contributed by atoms with Crippen molar-refractivity contribution in [2.45, 2.75) is 38.3 Å². The lowest BCUT2D eigenvalue weighted by atomic mass is 10.2. The van der Waals surface area contributed by atoms with Gasteiger partial charge < -0.3 is 15.5 Å². The van der Waals surface area contributed by atoms with E-state index in [4.69, 9.17) is 4.84 Å². The number of unbranched alkanes of at least 4 members (excludes halogenated alkanes) is 1. The molecule has 0 saturated carbocycles. The van der Waals surface area contributed by atoms with Crippen molar-refractivity contribution in [3.8, 4) is 0 Å². The third-order valence-electron chi connectivity index (χ3n) is 5.39. The van der Waals surface area contributed by atoms with Crippen molar-refractivity contribution in [3.63, 3.8) is 0 Å². The molecular weight excluding hydrogens is 420 g/mol. The fourth-order valence-corrected chi connectivity index (χ4v) is 3.64. The first-order valence-corrected chi connectivity index (χ1v) is 11.2. The van der Waals surface area contributed by atoms with Gasteiger partial charge in [-0.15, -0.1) is 5.48 Å². The maximum absolute atomic E-state index is 12.1. The Labute approximate surface area is 191 Å². The van der Waals surface area contributed by atoms with Gasteiger partial charge in [-0.05, 0) is 30.9 Å². The van der Waals surface area contributed by atoms with Gasteiger partial charge in [0.25, 0.3) is 5.56 Å². The lowest BCUT2D eigenvalue weighted by Gasteiger charge is -2.08. The maximum atomic E-state index is 12.1. The molecule has 4 rings (SSSR count). The molecule has 172 valence electrons. The zero-order chi connectivity index (χ0) is 22.9. The summed E-state index contributed by atoms with van der Waals surface area (Å²) in [5.74, 6) is 1.32. The van der Waals surface area contributed by atoms with Crippen LogP contribution in [0.4, 0.5) is 5.82 Å². The van der Waals surface area contributed by atoms with E-state index >= 15 is 0 Å². The maximum Gasteiger partial charge on any atom is 0.272 e. The summed E-state index contributed by atoms with van der Waals surface area (Å²) in [6, 6.07) is 17.3. The number of aromatic nitrogens is 2. The summed E-state index contributed by atoms with van der Waals surface area (Å²) in [6.07, 6.45) is 3.26. The molecule has 0 bridgehead atoms. The smallest absolute Gasteiger partial charge is 0.272 e. The third kappa shape index (κ3) is 6.17. The number of nitrogens with zero attached hydrogens (tertiary/aromatic N) is 2. The number of H-pyrrole nitrogens is 1. The van der Waals surface area contributed by atoms with E-state index in [1.165, 1.54) is 0 Å². The SMILES string of the molecule is O=C(CCCC1=NC(c2ccccc2)NO1)NCCCCNc1n[nH]c(=O)c2ccccc12. The Bertz CT molecular complexity index is 1160. The molecule has 1 aliphatic rings. The van der Waals surface area contributed by atoms with Crippen molar-refractivity contribution in [2.24, 2.45) is 4.99 Å². The molecule has 0 radical (unpaired) electrons. The van der Waals surface area contributed by atoms with Crippen LogP contribution in [0.3, 0.4) is 0 Å². The van der Waals surface area contributed by atoms with Crippen molar-refractivity contribution in [1.29, 1.82) is 0 Å². The Morgan fingerprint density at radius 2 is 1.73 bits per heavy atom. The molecular formula is C24H28N6O3. The van der Waals surface area contributed by atoms with Gasteiger partial charge in [-0.25, -0.2) is 10.1 Å². The van der Waals surface area contributed by atoms with Gasteiger partial charge >= 0.3 is 0 Å². The minimum absolute atomic E-state index is 0.0300. The quantitative estimate of drug-likeness (QED) is 0.335. The average Bonchev–Trinajstić information content (AvgIpc) is 3.32. The van der Waals surface area contributed by atoms with Crippen LogP contribution in [0.1, 0.15) is 43.8 Å². The predicted molar refractivity (Wildman–Crippen MR) is 128 cm³/mol. The second kappa shape index (κ2) is 11.2. The summed E-state index contributed by atoms with van der Waals surface area (Å²) < 4.78 is 0. The zero-order valence-electron chi connectivity index (χ0n) is 18.3. The number of aliphatic imine (C=N–C) groups is 1. The van der Waals surface area contributed by atoms with Gasteiger partial charge in [-0.3, -0.25) is 9.59 Å². The molecule has 9 nitrogen and oxygen atoms in total. The molecule has 0 fully saturated rings. The van der Waals surface area contributed by atoms with Crippen molar-refractivity contribution < 1.29 is 9.63 Å². The summed E-state index contributed by atoms with van der Waals surface area (Å²) in [4.78, 5) is 33.9.